The van der Waals surface area contributed by atoms with Gasteiger partial charge in [-0.05, 0) is 58.4 Å². The number of amides is 2. The number of aryl methyl sites for hydroxylation is 2. The van der Waals surface area contributed by atoms with E-state index in [1.165, 1.54) is 19.1 Å². The summed E-state index contributed by atoms with van der Waals surface area (Å²) in [6, 6.07) is 9.81. The van der Waals surface area contributed by atoms with E-state index in [0.717, 1.165) is 6.07 Å². The first-order valence-electron chi connectivity index (χ1n) is 11.2. The number of rotatable bonds is 6. The predicted octanol–water partition coefficient (Wildman–Crippen LogP) is 6.54. The van der Waals surface area contributed by atoms with Crippen LogP contribution in [0.15, 0.2) is 47.0 Å². The van der Waals surface area contributed by atoms with E-state index in [0.29, 0.717) is 23.1 Å². The quantitative estimate of drug-likeness (QED) is 0.284. The number of ketones is 1. The molecule has 0 atom stereocenters. The van der Waals surface area contributed by atoms with E-state index >= 15 is 0 Å². The Morgan fingerprint density at radius 1 is 0.973 bits per heavy atom. The molecule has 0 saturated heterocycles. The van der Waals surface area contributed by atoms with Gasteiger partial charge in [0.15, 0.2) is 11.5 Å². The van der Waals surface area contributed by atoms with Crippen molar-refractivity contribution in [3.05, 3.63) is 64.8 Å². The van der Waals surface area contributed by atoms with E-state index in [-0.39, 0.29) is 22.5 Å². The number of halogens is 3. The molecule has 0 saturated carbocycles. The summed E-state index contributed by atoms with van der Waals surface area (Å²) in [7, 11) is 0. The minimum atomic E-state index is -4.71. The maximum absolute atomic E-state index is 13.5. The summed E-state index contributed by atoms with van der Waals surface area (Å²) in [6.07, 6.45) is -6.28. The van der Waals surface area contributed by atoms with Gasteiger partial charge in [0.25, 0.3) is 0 Å². The molecule has 2 amide bonds. The minimum Gasteiger partial charge on any atom is -0.444 e. The highest BCUT2D eigenvalue weighted by Gasteiger charge is 2.34. The molecule has 0 bridgehead atoms. The average molecular weight is 518 g/mol. The van der Waals surface area contributed by atoms with Crippen molar-refractivity contribution in [3.8, 4) is 11.3 Å². The van der Waals surface area contributed by atoms with E-state index in [1.54, 1.807) is 45.9 Å². The molecule has 196 valence electrons. The summed E-state index contributed by atoms with van der Waals surface area (Å²) in [6.45, 7) is 7.83. The Labute approximate surface area is 211 Å². The average Bonchev–Trinajstić information content (AvgIpc) is 3.19. The van der Waals surface area contributed by atoms with Crippen molar-refractivity contribution < 1.29 is 36.8 Å². The Morgan fingerprint density at radius 3 is 2.24 bits per heavy atom. The summed E-state index contributed by atoms with van der Waals surface area (Å²) in [5.41, 5.74) is -1.04. The molecule has 2 N–H and O–H groups in total. The normalized spacial score (nSPS) is 11.7. The zero-order chi connectivity index (χ0) is 27.5. The number of hydrogen-bond donors (Lipinski definition) is 2. The smallest absolute Gasteiger partial charge is 0.416 e. The lowest BCUT2D eigenvalue weighted by atomic mass is 10.0. The fourth-order valence-corrected chi connectivity index (χ4v) is 3.42. The highest BCUT2D eigenvalue weighted by atomic mass is 19.4. The lowest BCUT2D eigenvalue weighted by molar-refractivity contribution is -0.138. The molecular weight excluding hydrogens is 491 g/mol. The predicted molar refractivity (Wildman–Crippen MR) is 130 cm³/mol. The van der Waals surface area contributed by atoms with Gasteiger partial charge >= 0.3 is 12.3 Å². The number of carbonyl (C=O) groups is 3. The number of carbonyl (C=O) groups excluding carboxylic acids is 3. The number of Topliss-reactive ketones (excluding diaryl/α,β-unsaturated/α-hetero) is 1. The molecule has 3 aromatic rings. The molecular formula is C26H26F3N3O5. The van der Waals surface area contributed by atoms with Crippen molar-refractivity contribution in [2.75, 3.05) is 10.6 Å². The topological polar surface area (TPSA) is 111 Å². The van der Waals surface area contributed by atoms with Gasteiger partial charge in [0.1, 0.15) is 5.60 Å². The van der Waals surface area contributed by atoms with E-state index < -0.39 is 41.5 Å². The highest BCUT2D eigenvalue weighted by Crippen LogP contribution is 2.37. The molecule has 0 aliphatic carbocycles. The molecule has 0 spiro atoms. The van der Waals surface area contributed by atoms with Crippen molar-refractivity contribution in [1.82, 2.24) is 5.16 Å². The standard InChI is InChI=1S/C26H26F3N3O5/c1-14-9-19(31-24(35)36-25(3,4)5)20(12-18(14)26(27,28)29)30-23(34)13-21(33)16-7-6-8-17(11-16)22-10-15(2)32-37-22/h6-12H,13H2,1-5H3,(H,30,34)(H,31,35). The van der Waals surface area contributed by atoms with E-state index in [1.807, 2.05) is 0 Å². The second-order valence-electron chi connectivity index (χ2n) is 9.40. The van der Waals surface area contributed by atoms with Crippen molar-refractivity contribution in [2.24, 2.45) is 0 Å². The Balaban J connectivity index is 1.83. The van der Waals surface area contributed by atoms with E-state index in [9.17, 15) is 27.6 Å². The molecule has 0 aliphatic rings. The fraction of sp³-hybridized carbons (Fsp3) is 0.308. The number of benzene rings is 2. The number of alkyl halides is 3. The van der Waals surface area contributed by atoms with Crippen molar-refractivity contribution in [2.45, 2.75) is 52.8 Å². The highest BCUT2D eigenvalue weighted by molar-refractivity contribution is 6.12. The zero-order valence-electron chi connectivity index (χ0n) is 20.9. The maximum Gasteiger partial charge on any atom is 0.416 e. The van der Waals surface area contributed by atoms with Gasteiger partial charge in [0.05, 0.1) is 29.1 Å². The molecule has 8 nitrogen and oxygen atoms in total. The number of anilines is 2. The van der Waals surface area contributed by atoms with Crippen LogP contribution in [0, 0.1) is 13.8 Å². The summed E-state index contributed by atoms with van der Waals surface area (Å²) in [5, 5.41) is 8.47. The summed E-state index contributed by atoms with van der Waals surface area (Å²) >= 11 is 0. The first kappa shape index (κ1) is 27.4. The number of hydrogen-bond acceptors (Lipinski definition) is 6. The lowest BCUT2D eigenvalue weighted by Crippen LogP contribution is -2.28. The molecule has 1 heterocycles. The molecule has 2 aromatic carbocycles. The van der Waals surface area contributed by atoms with Gasteiger partial charge in [-0.15, -0.1) is 0 Å². The van der Waals surface area contributed by atoms with Crippen LogP contribution in [-0.4, -0.2) is 28.5 Å². The third kappa shape index (κ3) is 7.42. The number of ether oxygens (including phenoxy) is 1. The van der Waals surface area contributed by atoms with Gasteiger partial charge in [-0.2, -0.15) is 13.2 Å². The number of aromatic nitrogens is 1. The van der Waals surface area contributed by atoms with Crippen LogP contribution in [0.4, 0.5) is 29.3 Å². The van der Waals surface area contributed by atoms with Gasteiger partial charge in [-0.1, -0.05) is 23.4 Å². The number of nitrogens with zero attached hydrogens (tertiary/aromatic N) is 1. The van der Waals surface area contributed by atoms with Crippen LogP contribution in [-0.2, 0) is 15.7 Å². The summed E-state index contributed by atoms with van der Waals surface area (Å²) < 4.78 is 50.9. The van der Waals surface area contributed by atoms with Gasteiger partial charge in [-0.25, -0.2) is 4.79 Å². The second-order valence-corrected chi connectivity index (χ2v) is 9.40. The van der Waals surface area contributed by atoms with Crippen LogP contribution < -0.4 is 10.6 Å². The first-order chi connectivity index (χ1) is 17.1. The molecule has 0 radical (unpaired) electrons. The van der Waals surface area contributed by atoms with Crippen LogP contribution in [0.25, 0.3) is 11.3 Å². The van der Waals surface area contributed by atoms with Crippen LogP contribution in [0.1, 0.15) is 54.4 Å². The van der Waals surface area contributed by atoms with E-state index in [2.05, 4.69) is 15.8 Å². The molecule has 3 rings (SSSR count). The minimum absolute atomic E-state index is 0.108. The van der Waals surface area contributed by atoms with Crippen LogP contribution in [0.2, 0.25) is 0 Å². The molecule has 11 heteroatoms. The van der Waals surface area contributed by atoms with Crippen molar-refractivity contribution in [1.29, 1.82) is 0 Å². The van der Waals surface area contributed by atoms with Gasteiger partial charge in [-0.3, -0.25) is 14.9 Å². The van der Waals surface area contributed by atoms with Crippen LogP contribution in [0.5, 0.6) is 0 Å². The van der Waals surface area contributed by atoms with Crippen molar-refractivity contribution >= 4 is 29.2 Å². The van der Waals surface area contributed by atoms with Crippen LogP contribution in [0.3, 0.4) is 0 Å². The van der Waals surface area contributed by atoms with Gasteiger partial charge in [0.2, 0.25) is 5.91 Å². The zero-order valence-corrected chi connectivity index (χ0v) is 20.9. The second kappa shape index (κ2) is 10.5. The Bertz CT molecular complexity index is 1340. The summed E-state index contributed by atoms with van der Waals surface area (Å²) in [4.78, 5) is 37.7. The fourth-order valence-electron chi connectivity index (χ4n) is 3.42. The largest absolute Gasteiger partial charge is 0.444 e. The maximum atomic E-state index is 13.5. The van der Waals surface area contributed by atoms with Gasteiger partial charge in [0, 0.05) is 17.2 Å². The molecule has 0 unspecified atom stereocenters. The molecule has 0 fully saturated rings. The van der Waals surface area contributed by atoms with Crippen LogP contribution >= 0.6 is 0 Å². The van der Waals surface area contributed by atoms with Crippen molar-refractivity contribution in [3.63, 3.8) is 0 Å². The Hall–Kier alpha value is -4.15. The molecule has 0 aliphatic heterocycles. The Morgan fingerprint density at radius 2 is 1.65 bits per heavy atom. The Kier molecular flexibility index (Phi) is 7.75. The number of nitrogens with one attached hydrogen (secondary N) is 2. The first-order valence-corrected chi connectivity index (χ1v) is 11.2. The van der Waals surface area contributed by atoms with Gasteiger partial charge < -0.3 is 14.6 Å². The molecule has 37 heavy (non-hydrogen) atoms. The third-order valence-corrected chi connectivity index (χ3v) is 5.00. The monoisotopic (exact) mass is 517 g/mol. The lowest BCUT2D eigenvalue weighted by Gasteiger charge is -2.21. The third-order valence-electron chi connectivity index (χ3n) is 5.00. The molecule has 1 aromatic heterocycles. The van der Waals surface area contributed by atoms with E-state index in [4.69, 9.17) is 9.26 Å². The SMILES string of the molecule is Cc1cc(-c2cccc(C(=O)CC(=O)Nc3cc(C(F)(F)F)c(C)cc3NC(=O)OC(C)(C)C)c2)on1. The summed E-state index contributed by atoms with van der Waals surface area (Å²) in [5.74, 6) is -0.996.